The zero-order valence-corrected chi connectivity index (χ0v) is 14.7. The largest absolute Gasteiger partial charge is 0.350 e. The van der Waals surface area contributed by atoms with Crippen LogP contribution in [0.5, 0.6) is 0 Å². The number of fused-ring (bicyclic) bond motifs is 2. The van der Waals surface area contributed by atoms with Crippen molar-refractivity contribution in [2.24, 2.45) is 7.05 Å². The molecule has 0 radical (unpaired) electrons. The number of amides is 2. The molecular weight excluding hydrogens is 326 g/mol. The number of rotatable bonds is 3. The Morgan fingerprint density at radius 2 is 2.04 bits per heavy atom. The van der Waals surface area contributed by atoms with Crippen LogP contribution < -0.4 is 10.6 Å². The highest BCUT2D eigenvalue weighted by Crippen LogP contribution is 2.26. The average molecular weight is 347 g/mol. The quantitative estimate of drug-likeness (QED) is 0.760. The third-order valence-corrected chi connectivity index (χ3v) is 4.84. The van der Waals surface area contributed by atoms with E-state index in [0.29, 0.717) is 12.8 Å². The maximum absolute atomic E-state index is 12.5. The fourth-order valence-electron chi connectivity index (χ4n) is 3.60. The van der Waals surface area contributed by atoms with E-state index in [2.05, 4.69) is 16.7 Å². The zero-order valence-electron chi connectivity index (χ0n) is 14.7. The molecule has 4 rings (SSSR count). The molecule has 132 valence electrons. The molecule has 2 aromatic carbocycles. The molecule has 2 N–H and O–H groups in total. The summed E-state index contributed by atoms with van der Waals surface area (Å²) in [5, 5.41) is 7.00. The van der Waals surface area contributed by atoms with Crippen LogP contribution in [0.1, 0.15) is 24.0 Å². The molecule has 0 fully saturated rings. The molecule has 0 spiro atoms. The van der Waals surface area contributed by atoms with Gasteiger partial charge in [0.05, 0.1) is 6.42 Å². The standard InChI is InChI=1S/C21H21N3O2/c1-24-13-15(17-6-2-3-7-19(17)24)12-21(26)22-16-9-10-18-14(11-16)5-4-8-20(25)23-18/h2-3,6-7,9-11,13H,4-5,8,12H2,1H3,(H,22,26)(H,23,25). The van der Waals surface area contributed by atoms with Gasteiger partial charge in [0.25, 0.3) is 0 Å². The van der Waals surface area contributed by atoms with E-state index in [-0.39, 0.29) is 11.8 Å². The summed E-state index contributed by atoms with van der Waals surface area (Å²) in [5.74, 6) is 0.00968. The molecule has 2 heterocycles. The second kappa shape index (κ2) is 6.67. The second-order valence-corrected chi connectivity index (χ2v) is 6.78. The average Bonchev–Trinajstić information content (AvgIpc) is 2.81. The summed E-state index contributed by atoms with van der Waals surface area (Å²) in [4.78, 5) is 24.2. The van der Waals surface area contributed by atoms with Crippen molar-refractivity contribution in [2.45, 2.75) is 25.7 Å². The molecule has 3 aromatic rings. The molecule has 26 heavy (non-hydrogen) atoms. The fraction of sp³-hybridized carbons (Fsp3) is 0.238. The van der Waals surface area contributed by atoms with Gasteiger partial charge < -0.3 is 15.2 Å². The van der Waals surface area contributed by atoms with E-state index < -0.39 is 0 Å². The number of nitrogens with zero attached hydrogens (tertiary/aromatic N) is 1. The van der Waals surface area contributed by atoms with E-state index in [9.17, 15) is 9.59 Å². The minimum absolute atomic E-state index is 0.0426. The number of anilines is 2. The van der Waals surface area contributed by atoms with E-state index in [4.69, 9.17) is 0 Å². The Labute approximate surface area is 152 Å². The number of nitrogens with one attached hydrogen (secondary N) is 2. The number of carbonyl (C=O) groups excluding carboxylic acids is 2. The van der Waals surface area contributed by atoms with Gasteiger partial charge in [-0.1, -0.05) is 18.2 Å². The minimum Gasteiger partial charge on any atom is -0.350 e. The van der Waals surface area contributed by atoms with Gasteiger partial charge in [0, 0.05) is 41.9 Å². The van der Waals surface area contributed by atoms with Gasteiger partial charge in [-0.25, -0.2) is 0 Å². The van der Waals surface area contributed by atoms with Crippen LogP contribution in [-0.4, -0.2) is 16.4 Å². The lowest BCUT2D eigenvalue weighted by atomic mass is 10.1. The SMILES string of the molecule is Cn1cc(CC(=O)Nc2ccc3c(c2)CCCC(=O)N3)c2ccccc21. The Morgan fingerprint density at radius 3 is 2.92 bits per heavy atom. The van der Waals surface area contributed by atoms with Crippen molar-refractivity contribution in [3.63, 3.8) is 0 Å². The molecule has 1 aromatic heterocycles. The highest BCUT2D eigenvalue weighted by Gasteiger charge is 2.15. The maximum atomic E-state index is 12.5. The topological polar surface area (TPSA) is 63.1 Å². The maximum Gasteiger partial charge on any atom is 0.228 e. The van der Waals surface area contributed by atoms with Gasteiger partial charge in [-0.2, -0.15) is 0 Å². The van der Waals surface area contributed by atoms with Gasteiger partial charge in [0.2, 0.25) is 11.8 Å². The van der Waals surface area contributed by atoms with Crippen LogP contribution in [0, 0.1) is 0 Å². The second-order valence-electron chi connectivity index (χ2n) is 6.78. The third-order valence-electron chi connectivity index (χ3n) is 4.84. The van der Waals surface area contributed by atoms with Gasteiger partial charge >= 0.3 is 0 Å². The first-order chi connectivity index (χ1) is 12.6. The summed E-state index contributed by atoms with van der Waals surface area (Å²) in [7, 11) is 1.99. The van der Waals surface area contributed by atoms with Gasteiger partial charge in [-0.3, -0.25) is 9.59 Å². The van der Waals surface area contributed by atoms with Crippen molar-refractivity contribution in [3.05, 3.63) is 59.8 Å². The van der Waals surface area contributed by atoms with Crippen LogP contribution >= 0.6 is 0 Å². The normalized spacial score (nSPS) is 13.8. The van der Waals surface area contributed by atoms with E-state index in [0.717, 1.165) is 46.2 Å². The van der Waals surface area contributed by atoms with Crippen molar-refractivity contribution in [2.75, 3.05) is 10.6 Å². The molecule has 0 bridgehead atoms. The van der Waals surface area contributed by atoms with Gasteiger partial charge in [0.1, 0.15) is 0 Å². The number of aromatic nitrogens is 1. The molecule has 0 atom stereocenters. The van der Waals surface area contributed by atoms with Crippen molar-refractivity contribution in [3.8, 4) is 0 Å². The first-order valence-electron chi connectivity index (χ1n) is 8.86. The molecule has 0 saturated carbocycles. The Hall–Kier alpha value is -3.08. The Bertz CT molecular complexity index is 1000. The Morgan fingerprint density at radius 1 is 1.19 bits per heavy atom. The van der Waals surface area contributed by atoms with Crippen LogP contribution in [0.4, 0.5) is 11.4 Å². The van der Waals surface area contributed by atoms with Crippen LogP contribution in [0.15, 0.2) is 48.7 Å². The van der Waals surface area contributed by atoms with Crippen LogP contribution in [0.2, 0.25) is 0 Å². The fourth-order valence-corrected chi connectivity index (χ4v) is 3.60. The van der Waals surface area contributed by atoms with Crippen LogP contribution in [0.25, 0.3) is 10.9 Å². The zero-order chi connectivity index (χ0) is 18.1. The summed E-state index contributed by atoms with van der Waals surface area (Å²) in [5.41, 5.74) is 4.82. The first kappa shape index (κ1) is 16.4. The number of hydrogen-bond donors (Lipinski definition) is 2. The van der Waals surface area contributed by atoms with E-state index in [1.165, 1.54) is 0 Å². The molecular formula is C21H21N3O2. The predicted octanol–water partition coefficient (Wildman–Crippen LogP) is 3.63. The summed E-state index contributed by atoms with van der Waals surface area (Å²) in [6.45, 7) is 0. The van der Waals surface area contributed by atoms with Crippen molar-refractivity contribution in [1.29, 1.82) is 0 Å². The van der Waals surface area contributed by atoms with Crippen molar-refractivity contribution < 1.29 is 9.59 Å². The summed E-state index contributed by atoms with van der Waals surface area (Å²) >= 11 is 0. The molecule has 1 aliphatic rings. The van der Waals surface area contributed by atoms with E-state index in [1.54, 1.807) is 0 Å². The lowest BCUT2D eigenvalue weighted by Gasteiger charge is -2.10. The third kappa shape index (κ3) is 3.20. The number of carbonyl (C=O) groups is 2. The highest BCUT2D eigenvalue weighted by atomic mass is 16.2. The van der Waals surface area contributed by atoms with E-state index >= 15 is 0 Å². The molecule has 0 aliphatic carbocycles. The van der Waals surface area contributed by atoms with Gasteiger partial charge in [-0.05, 0) is 48.2 Å². The van der Waals surface area contributed by atoms with Crippen molar-refractivity contribution >= 4 is 34.1 Å². The Balaban J connectivity index is 1.51. The van der Waals surface area contributed by atoms with Gasteiger partial charge in [-0.15, -0.1) is 0 Å². The van der Waals surface area contributed by atoms with Gasteiger partial charge in [0.15, 0.2) is 0 Å². The van der Waals surface area contributed by atoms with Crippen molar-refractivity contribution in [1.82, 2.24) is 4.57 Å². The molecule has 5 heteroatoms. The Kier molecular flexibility index (Phi) is 4.21. The number of hydrogen-bond acceptors (Lipinski definition) is 2. The number of para-hydroxylation sites is 1. The summed E-state index contributed by atoms with van der Waals surface area (Å²) in [6.07, 6.45) is 4.54. The van der Waals surface area contributed by atoms with Crippen LogP contribution in [-0.2, 0) is 29.5 Å². The monoisotopic (exact) mass is 347 g/mol. The van der Waals surface area contributed by atoms with E-state index in [1.807, 2.05) is 54.2 Å². The number of aryl methyl sites for hydroxylation is 2. The summed E-state index contributed by atoms with van der Waals surface area (Å²) < 4.78 is 2.04. The first-order valence-corrected chi connectivity index (χ1v) is 8.86. The predicted molar refractivity (Wildman–Crippen MR) is 103 cm³/mol. The molecule has 5 nitrogen and oxygen atoms in total. The minimum atomic E-state index is -0.0426. The van der Waals surface area contributed by atoms with Crippen LogP contribution in [0.3, 0.4) is 0 Å². The molecule has 0 unspecified atom stereocenters. The molecule has 0 saturated heterocycles. The lowest BCUT2D eigenvalue weighted by Crippen LogP contribution is -2.14. The smallest absolute Gasteiger partial charge is 0.228 e. The summed E-state index contributed by atoms with van der Waals surface area (Å²) in [6, 6.07) is 13.8. The number of benzene rings is 2. The highest BCUT2D eigenvalue weighted by molar-refractivity contribution is 5.97. The molecule has 2 amide bonds. The lowest BCUT2D eigenvalue weighted by molar-refractivity contribution is -0.116. The molecule has 1 aliphatic heterocycles.